The molecule has 1 aliphatic rings. The second-order valence-corrected chi connectivity index (χ2v) is 6.75. The highest BCUT2D eigenvalue weighted by Gasteiger charge is 2.25. The number of anilines is 1. The van der Waals surface area contributed by atoms with E-state index in [9.17, 15) is 5.26 Å². The number of rotatable bonds is 3. The van der Waals surface area contributed by atoms with Gasteiger partial charge in [-0.05, 0) is 18.6 Å². The lowest BCUT2D eigenvalue weighted by atomic mass is 10.1. The number of nitrogens with zero attached hydrogens (tertiary/aromatic N) is 6. The van der Waals surface area contributed by atoms with E-state index >= 15 is 0 Å². The minimum absolute atomic E-state index is 0.0611. The fourth-order valence-electron chi connectivity index (χ4n) is 3.11. The van der Waals surface area contributed by atoms with Crippen molar-refractivity contribution in [1.29, 1.82) is 5.26 Å². The summed E-state index contributed by atoms with van der Waals surface area (Å²) in [6, 6.07) is 6.18. The van der Waals surface area contributed by atoms with Gasteiger partial charge in [-0.1, -0.05) is 11.6 Å². The normalized spacial score (nSPS) is 15.2. The molecule has 0 aliphatic carbocycles. The van der Waals surface area contributed by atoms with Crippen LogP contribution < -0.4 is 9.64 Å². The molecule has 8 heteroatoms. The van der Waals surface area contributed by atoms with Crippen molar-refractivity contribution in [3.63, 3.8) is 0 Å². The molecule has 4 rings (SSSR count). The predicted molar refractivity (Wildman–Crippen MR) is 97.5 cm³/mol. The van der Waals surface area contributed by atoms with E-state index in [0.29, 0.717) is 28.2 Å². The van der Waals surface area contributed by atoms with Gasteiger partial charge in [-0.15, -0.1) is 0 Å². The summed E-state index contributed by atoms with van der Waals surface area (Å²) in [5.74, 6) is 0.694. The number of piperidine rings is 1. The van der Waals surface area contributed by atoms with Crippen LogP contribution in [-0.2, 0) is 0 Å². The molecule has 0 atom stereocenters. The van der Waals surface area contributed by atoms with Crippen molar-refractivity contribution < 1.29 is 4.74 Å². The van der Waals surface area contributed by atoms with Gasteiger partial charge in [0.25, 0.3) is 0 Å². The molecule has 3 aromatic rings. The third-order valence-corrected chi connectivity index (χ3v) is 4.68. The number of ether oxygens (including phenoxy) is 1. The van der Waals surface area contributed by atoms with E-state index in [2.05, 4.69) is 25.9 Å². The fourth-order valence-corrected chi connectivity index (χ4v) is 3.26. The average Bonchev–Trinajstić information content (AvgIpc) is 3.01. The van der Waals surface area contributed by atoms with Gasteiger partial charge in [-0.25, -0.2) is 15.0 Å². The van der Waals surface area contributed by atoms with Gasteiger partial charge in [0.15, 0.2) is 11.5 Å². The van der Waals surface area contributed by atoms with E-state index in [1.807, 2.05) is 6.92 Å². The standard InChI is InChI=1S/C18H17ClN6O/c1-12-10-21-18(22-11-12)26-14-3-5-24(6-4-14)17-15(9-20)25-7-2-13(19)8-16(25)23-17/h2,7-8,10-11,14H,3-6H2,1H3. The Morgan fingerprint density at radius 1 is 1.27 bits per heavy atom. The Morgan fingerprint density at radius 3 is 2.69 bits per heavy atom. The van der Waals surface area contributed by atoms with Crippen LogP contribution in [0.25, 0.3) is 5.65 Å². The van der Waals surface area contributed by atoms with Crippen LogP contribution in [-0.4, -0.2) is 38.5 Å². The number of hydrogen-bond acceptors (Lipinski definition) is 6. The number of nitriles is 1. The lowest BCUT2D eigenvalue weighted by Gasteiger charge is -2.31. The molecule has 0 saturated carbocycles. The zero-order valence-corrected chi connectivity index (χ0v) is 15.0. The molecule has 1 aliphatic heterocycles. The summed E-state index contributed by atoms with van der Waals surface area (Å²) in [5.41, 5.74) is 2.21. The molecule has 0 radical (unpaired) electrons. The molecular formula is C18H17ClN6O. The minimum atomic E-state index is 0.0611. The molecular weight excluding hydrogens is 352 g/mol. The maximum Gasteiger partial charge on any atom is 0.316 e. The summed E-state index contributed by atoms with van der Waals surface area (Å²) in [6.45, 7) is 3.45. The first-order valence-corrected chi connectivity index (χ1v) is 8.80. The van der Waals surface area contributed by atoms with Crippen LogP contribution in [0.3, 0.4) is 0 Å². The van der Waals surface area contributed by atoms with Crippen LogP contribution in [0.5, 0.6) is 6.01 Å². The third kappa shape index (κ3) is 3.16. The van der Waals surface area contributed by atoms with E-state index in [4.69, 9.17) is 16.3 Å². The van der Waals surface area contributed by atoms with Gasteiger partial charge in [-0.3, -0.25) is 4.40 Å². The van der Waals surface area contributed by atoms with Crippen molar-refractivity contribution in [2.75, 3.05) is 18.0 Å². The third-order valence-electron chi connectivity index (χ3n) is 4.45. The number of aromatic nitrogens is 4. The van der Waals surface area contributed by atoms with Gasteiger partial charge in [0, 0.05) is 55.6 Å². The van der Waals surface area contributed by atoms with Gasteiger partial charge < -0.3 is 9.64 Å². The lowest BCUT2D eigenvalue weighted by molar-refractivity contribution is 0.156. The predicted octanol–water partition coefficient (Wildman–Crippen LogP) is 3.01. The van der Waals surface area contributed by atoms with Crippen molar-refractivity contribution in [2.24, 2.45) is 0 Å². The monoisotopic (exact) mass is 368 g/mol. The number of hydrogen-bond donors (Lipinski definition) is 0. The zero-order chi connectivity index (χ0) is 18.1. The van der Waals surface area contributed by atoms with Crippen LogP contribution in [0, 0.1) is 18.3 Å². The molecule has 7 nitrogen and oxygen atoms in total. The van der Waals surface area contributed by atoms with E-state index in [1.54, 1.807) is 35.1 Å². The van der Waals surface area contributed by atoms with Crippen molar-refractivity contribution in [2.45, 2.75) is 25.9 Å². The maximum atomic E-state index is 9.56. The SMILES string of the molecule is Cc1cnc(OC2CCN(c3nc4cc(Cl)ccn4c3C#N)CC2)nc1. The Kier molecular flexibility index (Phi) is 4.35. The van der Waals surface area contributed by atoms with Gasteiger partial charge in [0.1, 0.15) is 17.8 Å². The summed E-state index contributed by atoms with van der Waals surface area (Å²) >= 11 is 6.04. The van der Waals surface area contributed by atoms with Crippen molar-refractivity contribution in [3.05, 3.63) is 47.0 Å². The summed E-state index contributed by atoms with van der Waals surface area (Å²) in [7, 11) is 0. The molecule has 132 valence electrons. The minimum Gasteiger partial charge on any atom is -0.460 e. The number of pyridine rings is 1. The van der Waals surface area contributed by atoms with E-state index in [1.165, 1.54) is 0 Å². The molecule has 0 spiro atoms. The average molecular weight is 369 g/mol. The second kappa shape index (κ2) is 6.81. The number of fused-ring (bicyclic) bond motifs is 1. The van der Waals surface area contributed by atoms with E-state index < -0.39 is 0 Å². The molecule has 0 amide bonds. The largest absolute Gasteiger partial charge is 0.460 e. The number of imidazole rings is 1. The quantitative estimate of drug-likeness (QED) is 0.707. The van der Waals surface area contributed by atoms with E-state index in [0.717, 1.165) is 31.5 Å². The molecule has 3 aromatic heterocycles. The molecule has 4 heterocycles. The van der Waals surface area contributed by atoms with Crippen LogP contribution in [0.1, 0.15) is 24.1 Å². The second-order valence-electron chi connectivity index (χ2n) is 6.32. The van der Waals surface area contributed by atoms with Crippen molar-refractivity contribution >= 4 is 23.1 Å². The molecule has 26 heavy (non-hydrogen) atoms. The molecule has 0 aromatic carbocycles. The smallest absolute Gasteiger partial charge is 0.316 e. The van der Waals surface area contributed by atoms with Crippen LogP contribution in [0.2, 0.25) is 5.02 Å². The molecule has 1 fully saturated rings. The lowest BCUT2D eigenvalue weighted by Crippen LogP contribution is -2.39. The summed E-state index contributed by atoms with van der Waals surface area (Å²) in [4.78, 5) is 15.1. The first kappa shape index (κ1) is 16.6. The first-order chi connectivity index (χ1) is 12.6. The van der Waals surface area contributed by atoms with Gasteiger partial charge in [-0.2, -0.15) is 5.26 Å². The highest BCUT2D eigenvalue weighted by Crippen LogP contribution is 2.26. The Morgan fingerprint density at radius 2 is 2.00 bits per heavy atom. The van der Waals surface area contributed by atoms with Crippen molar-refractivity contribution in [3.8, 4) is 12.1 Å². The van der Waals surface area contributed by atoms with Crippen molar-refractivity contribution in [1.82, 2.24) is 19.4 Å². The van der Waals surface area contributed by atoms with Crippen LogP contribution in [0.15, 0.2) is 30.7 Å². The van der Waals surface area contributed by atoms with Gasteiger partial charge >= 0.3 is 6.01 Å². The van der Waals surface area contributed by atoms with Crippen LogP contribution >= 0.6 is 11.6 Å². The topological polar surface area (TPSA) is 79.3 Å². The summed E-state index contributed by atoms with van der Waals surface area (Å²) < 4.78 is 7.64. The molecule has 0 unspecified atom stereocenters. The summed E-state index contributed by atoms with van der Waals surface area (Å²) in [5, 5.41) is 10.2. The molecule has 0 bridgehead atoms. The van der Waals surface area contributed by atoms with E-state index in [-0.39, 0.29) is 6.10 Å². The zero-order valence-electron chi connectivity index (χ0n) is 14.3. The number of halogens is 1. The summed E-state index contributed by atoms with van der Waals surface area (Å²) in [6.07, 6.45) is 6.97. The van der Waals surface area contributed by atoms with Gasteiger partial charge in [0.05, 0.1) is 0 Å². The maximum absolute atomic E-state index is 9.56. The number of aryl methyl sites for hydroxylation is 1. The highest BCUT2D eigenvalue weighted by atomic mass is 35.5. The molecule has 1 saturated heterocycles. The Bertz CT molecular complexity index is 970. The fraction of sp³-hybridized carbons (Fsp3) is 0.333. The van der Waals surface area contributed by atoms with Gasteiger partial charge in [0.2, 0.25) is 0 Å². The Hall–Kier alpha value is -2.85. The Balaban J connectivity index is 1.49. The Labute approximate surface area is 155 Å². The van der Waals surface area contributed by atoms with Crippen LogP contribution in [0.4, 0.5) is 5.82 Å². The molecule has 0 N–H and O–H groups in total. The highest BCUT2D eigenvalue weighted by molar-refractivity contribution is 6.30. The first-order valence-electron chi connectivity index (χ1n) is 8.42.